The number of fused-ring (bicyclic) bond motifs is 1. The number of hydrogen-bond donors (Lipinski definition) is 5. The molecule has 42 heavy (non-hydrogen) atoms. The van der Waals surface area contributed by atoms with Gasteiger partial charge in [-0.15, -0.1) is 0 Å². The molecular formula is C32H50N6O4. The van der Waals surface area contributed by atoms with E-state index >= 15 is 0 Å². The van der Waals surface area contributed by atoms with Gasteiger partial charge in [-0.25, -0.2) is 0 Å². The van der Waals surface area contributed by atoms with Crippen molar-refractivity contribution in [1.29, 1.82) is 0 Å². The molecule has 2 aromatic rings. The minimum absolute atomic E-state index is 0.0349. The number of benzene rings is 1. The predicted octanol–water partition coefficient (Wildman–Crippen LogP) is 3.76. The molecule has 10 heteroatoms. The molecule has 2 rings (SSSR count). The maximum absolute atomic E-state index is 13.7. The van der Waals surface area contributed by atoms with Crippen LogP contribution >= 0.6 is 0 Å². The average Bonchev–Trinajstić information content (AvgIpc) is 3.30. The lowest BCUT2D eigenvalue weighted by atomic mass is 9.80. The number of nitrogens with zero attached hydrogens (tertiary/aromatic N) is 1. The second-order valence-electron chi connectivity index (χ2n) is 12.7. The Bertz CT molecular complexity index is 1240. The number of aliphatic imine (C=N–C) groups is 1. The van der Waals surface area contributed by atoms with Gasteiger partial charge in [-0.2, -0.15) is 0 Å². The molecule has 1 aromatic heterocycles. The number of guanidine groups is 1. The van der Waals surface area contributed by atoms with E-state index in [0.29, 0.717) is 25.7 Å². The Morgan fingerprint density at radius 2 is 1.71 bits per heavy atom. The highest BCUT2D eigenvalue weighted by Gasteiger charge is 2.31. The van der Waals surface area contributed by atoms with Crippen molar-refractivity contribution in [3.05, 3.63) is 36.0 Å². The molecule has 1 heterocycles. The number of para-hydroxylation sites is 1. The highest BCUT2D eigenvalue weighted by atomic mass is 16.2. The molecule has 0 fully saturated rings. The first-order valence-electron chi connectivity index (χ1n) is 14.9. The number of rotatable bonds is 18. The van der Waals surface area contributed by atoms with Gasteiger partial charge in [-0.05, 0) is 55.1 Å². The third-order valence-corrected chi connectivity index (χ3v) is 7.53. The number of aromatic nitrogens is 1. The van der Waals surface area contributed by atoms with E-state index in [-0.39, 0.29) is 60.6 Å². The molecule has 0 saturated carbocycles. The van der Waals surface area contributed by atoms with Gasteiger partial charge >= 0.3 is 0 Å². The number of carbonyl (C=O) groups is 4. The summed E-state index contributed by atoms with van der Waals surface area (Å²) < 4.78 is 0. The smallest absolute Gasteiger partial charge is 0.224 e. The van der Waals surface area contributed by atoms with E-state index in [1.165, 1.54) is 0 Å². The number of nitrogens with two attached hydrogens (primary N) is 3. The molecule has 4 atom stereocenters. The van der Waals surface area contributed by atoms with E-state index in [0.717, 1.165) is 22.9 Å². The van der Waals surface area contributed by atoms with Gasteiger partial charge in [0.25, 0.3) is 0 Å². The largest absolute Gasteiger partial charge is 0.370 e. The summed E-state index contributed by atoms with van der Waals surface area (Å²) in [4.78, 5) is 59.3. The van der Waals surface area contributed by atoms with Gasteiger partial charge in [0.1, 0.15) is 5.78 Å². The van der Waals surface area contributed by atoms with Crippen molar-refractivity contribution >= 4 is 40.2 Å². The van der Waals surface area contributed by atoms with Crippen LogP contribution < -0.4 is 22.5 Å². The first-order chi connectivity index (χ1) is 19.7. The zero-order valence-corrected chi connectivity index (χ0v) is 25.9. The monoisotopic (exact) mass is 582 g/mol. The fourth-order valence-electron chi connectivity index (χ4n) is 5.65. The van der Waals surface area contributed by atoms with Crippen LogP contribution in [-0.4, -0.2) is 46.9 Å². The highest BCUT2D eigenvalue weighted by molar-refractivity contribution is 5.94. The molecule has 2 unspecified atom stereocenters. The summed E-state index contributed by atoms with van der Waals surface area (Å²) in [7, 11) is 0. The molecule has 0 aliphatic carbocycles. The third-order valence-electron chi connectivity index (χ3n) is 7.53. The van der Waals surface area contributed by atoms with Gasteiger partial charge in [-0.3, -0.25) is 24.2 Å². The maximum Gasteiger partial charge on any atom is 0.224 e. The SMILES string of the molecule is CCC(=O)C[C@H](Cc1c[nH]c2ccccc12)C(=O)N[C@@H](CCCN=C(N)N)C(=O)CC(CC(C)CC(C)(C)C)C(N)=O. The fourth-order valence-corrected chi connectivity index (χ4v) is 5.65. The molecular weight excluding hydrogens is 532 g/mol. The molecule has 0 aliphatic rings. The predicted molar refractivity (Wildman–Crippen MR) is 167 cm³/mol. The van der Waals surface area contributed by atoms with Gasteiger partial charge in [0.15, 0.2) is 11.7 Å². The standard InChI is InChI=1S/C32H50N6O4/c1-6-24(39)16-22(15-23-19-37-26-11-8-7-10-25(23)26)30(42)38-27(12-9-13-36-31(34)35)28(40)17-21(29(33)41)14-20(2)18-32(3,4)5/h7-8,10-11,19-22,27,37H,6,9,12-18H2,1-5H3,(H2,33,41)(H,38,42)(H4,34,35,36)/t20?,21?,22-,27-/m0/s1. The van der Waals surface area contributed by atoms with Crippen molar-refractivity contribution in [2.75, 3.05) is 6.54 Å². The van der Waals surface area contributed by atoms with Crippen LogP contribution in [0.15, 0.2) is 35.5 Å². The summed E-state index contributed by atoms with van der Waals surface area (Å²) in [6.45, 7) is 10.5. The van der Waals surface area contributed by atoms with E-state index < -0.39 is 23.8 Å². The van der Waals surface area contributed by atoms with Crippen molar-refractivity contribution in [2.45, 2.75) is 92.0 Å². The Morgan fingerprint density at radius 1 is 1.02 bits per heavy atom. The molecule has 8 N–H and O–H groups in total. The van der Waals surface area contributed by atoms with Crippen LogP contribution in [-0.2, 0) is 25.6 Å². The number of ketones is 2. The Morgan fingerprint density at radius 3 is 2.33 bits per heavy atom. The zero-order valence-electron chi connectivity index (χ0n) is 25.9. The summed E-state index contributed by atoms with van der Waals surface area (Å²) >= 11 is 0. The highest BCUT2D eigenvalue weighted by Crippen LogP contribution is 2.29. The normalized spacial score (nSPS) is 14.5. The molecule has 0 aliphatic heterocycles. The number of aromatic amines is 1. The Labute approximate surface area is 249 Å². The lowest BCUT2D eigenvalue weighted by Crippen LogP contribution is -2.45. The van der Waals surface area contributed by atoms with Gasteiger partial charge in [0.2, 0.25) is 11.8 Å². The quantitative estimate of drug-likeness (QED) is 0.101. The van der Waals surface area contributed by atoms with E-state index in [2.05, 4.69) is 43.0 Å². The number of Topliss-reactive ketones (excluding diaryl/α,β-unsaturated/α-hetero) is 2. The summed E-state index contributed by atoms with van der Waals surface area (Å²) in [6.07, 6.45) is 4.59. The van der Waals surface area contributed by atoms with Crippen molar-refractivity contribution in [3.63, 3.8) is 0 Å². The van der Waals surface area contributed by atoms with Crippen LogP contribution in [0.4, 0.5) is 0 Å². The lowest BCUT2D eigenvalue weighted by molar-refractivity contribution is -0.133. The van der Waals surface area contributed by atoms with Gasteiger partial charge in [-0.1, -0.05) is 52.8 Å². The van der Waals surface area contributed by atoms with E-state index in [1.54, 1.807) is 6.92 Å². The molecule has 0 bridgehead atoms. The van der Waals surface area contributed by atoms with Crippen LogP contribution in [0, 0.1) is 23.2 Å². The molecule has 0 spiro atoms. The Balaban J connectivity index is 2.26. The van der Waals surface area contributed by atoms with Crippen LogP contribution in [0.5, 0.6) is 0 Å². The second kappa shape index (κ2) is 16.1. The molecule has 0 radical (unpaired) electrons. The Hall–Kier alpha value is -3.69. The van der Waals surface area contributed by atoms with Gasteiger partial charge < -0.3 is 27.5 Å². The first-order valence-corrected chi connectivity index (χ1v) is 14.9. The third kappa shape index (κ3) is 11.7. The van der Waals surface area contributed by atoms with Gasteiger partial charge in [0.05, 0.1) is 6.04 Å². The molecule has 232 valence electrons. The lowest BCUT2D eigenvalue weighted by Gasteiger charge is -2.27. The van der Waals surface area contributed by atoms with Crippen molar-refractivity contribution in [3.8, 4) is 0 Å². The number of amides is 2. The van der Waals surface area contributed by atoms with E-state index in [4.69, 9.17) is 17.2 Å². The molecule has 1 aromatic carbocycles. The second-order valence-corrected chi connectivity index (χ2v) is 12.7. The van der Waals surface area contributed by atoms with Crippen LogP contribution in [0.2, 0.25) is 0 Å². The topological polar surface area (TPSA) is 187 Å². The van der Waals surface area contributed by atoms with Crippen molar-refractivity contribution < 1.29 is 19.2 Å². The number of carbonyl (C=O) groups excluding carboxylic acids is 4. The first kappa shape index (κ1) is 34.5. The summed E-state index contributed by atoms with van der Waals surface area (Å²) in [5.41, 5.74) is 18.6. The number of hydrogen-bond acceptors (Lipinski definition) is 5. The van der Waals surface area contributed by atoms with E-state index in [9.17, 15) is 19.2 Å². The average molecular weight is 583 g/mol. The molecule has 2 amide bonds. The number of H-pyrrole nitrogens is 1. The summed E-state index contributed by atoms with van der Waals surface area (Å²) in [6, 6.07) is 6.91. The van der Waals surface area contributed by atoms with Crippen LogP contribution in [0.25, 0.3) is 10.9 Å². The zero-order chi connectivity index (χ0) is 31.4. The molecule has 10 nitrogen and oxygen atoms in total. The minimum atomic E-state index is -0.867. The Kier molecular flexibility index (Phi) is 13.2. The summed E-state index contributed by atoms with van der Waals surface area (Å²) in [5, 5.41) is 3.90. The summed E-state index contributed by atoms with van der Waals surface area (Å²) in [5.74, 6) is -2.38. The maximum atomic E-state index is 13.7. The van der Waals surface area contributed by atoms with Gasteiger partial charge in [0, 0.05) is 54.7 Å². The molecule has 0 saturated heterocycles. The number of nitrogens with one attached hydrogen (secondary N) is 2. The fraction of sp³-hybridized carbons (Fsp3) is 0.594. The van der Waals surface area contributed by atoms with Crippen molar-refractivity contribution in [2.24, 2.45) is 45.4 Å². The number of primary amides is 1. The minimum Gasteiger partial charge on any atom is -0.370 e. The van der Waals surface area contributed by atoms with Crippen molar-refractivity contribution in [1.82, 2.24) is 10.3 Å². The van der Waals surface area contributed by atoms with E-state index in [1.807, 2.05) is 30.5 Å². The van der Waals surface area contributed by atoms with Crippen LogP contribution in [0.1, 0.15) is 85.1 Å². The van der Waals surface area contributed by atoms with Crippen LogP contribution in [0.3, 0.4) is 0 Å².